The van der Waals surface area contributed by atoms with Crippen LogP contribution in [0.5, 0.6) is 0 Å². The molecule has 0 bridgehead atoms. The maximum atomic E-state index is 12.1. The van der Waals surface area contributed by atoms with Crippen molar-refractivity contribution in [3.8, 4) is 0 Å². The molecule has 8 nitrogen and oxygen atoms in total. The number of carboxylic acid groups (broad SMARTS) is 1. The Bertz CT molecular complexity index is 716. The van der Waals surface area contributed by atoms with E-state index in [9.17, 15) is 14.4 Å². The Labute approximate surface area is 150 Å². The number of carbonyl (C=O) groups excluding carboxylic acids is 2. The minimum absolute atomic E-state index is 0.0725. The lowest BCUT2D eigenvalue weighted by atomic mass is 10.0. The predicted octanol–water partition coefficient (Wildman–Crippen LogP) is 1.80. The predicted molar refractivity (Wildman–Crippen MR) is 93.1 cm³/mol. The van der Waals surface area contributed by atoms with Gasteiger partial charge in [0.05, 0.1) is 25.4 Å². The van der Waals surface area contributed by atoms with Crippen molar-refractivity contribution in [1.82, 2.24) is 16.0 Å². The molecule has 0 aliphatic heterocycles. The van der Waals surface area contributed by atoms with Crippen molar-refractivity contribution in [2.24, 2.45) is 0 Å². The summed E-state index contributed by atoms with van der Waals surface area (Å²) in [5.41, 5.74) is 0.810. The van der Waals surface area contributed by atoms with Gasteiger partial charge in [-0.15, -0.1) is 0 Å². The summed E-state index contributed by atoms with van der Waals surface area (Å²) in [6, 6.07) is 11.6. The third-order valence-corrected chi connectivity index (χ3v) is 3.60. The zero-order valence-electron chi connectivity index (χ0n) is 14.1. The first-order chi connectivity index (χ1) is 12.5. The molecule has 0 saturated heterocycles. The first-order valence-corrected chi connectivity index (χ1v) is 8.15. The third-order valence-electron chi connectivity index (χ3n) is 3.60. The Hall–Kier alpha value is -3.29. The molecule has 0 saturated carbocycles. The summed E-state index contributed by atoms with van der Waals surface area (Å²) in [4.78, 5) is 34.6. The Balaban J connectivity index is 1.80. The van der Waals surface area contributed by atoms with Crippen molar-refractivity contribution in [1.29, 1.82) is 0 Å². The van der Waals surface area contributed by atoms with Gasteiger partial charge in [0.15, 0.2) is 0 Å². The molecule has 0 aliphatic carbocycles. The second-order valence-electron chi connectivity index (χ2n) is 5.58. The zero-order valence-corrected chi connectivity index (χ0v) is 14.1. The smallest absolute Gasteiger partial charge is 0.315 e. The fraction of sp³-hybridized carbons (Fsp3) is 0.278. The van der Waals surface area contributed by atoms with E-state index in [1.165, 1.54) is 6.26 Å². The van der Waals surface area contributed by atoms with Gasteiger partial charge in [0.1, 0.15) is 5.76 Å². The van der Waals surface area contributed by atoms with Gasteiger partial charge >= 0.3 is 12.0 Å². The quantitative estimate of drug-likeness (QED) is 0.544. The molecular weight excluding hydrogens is 338 g/mol. The molecule has 1 aromatic carbocycles. The summed E-state index contributed by atoms with van der Waals surface area (Å²) in [6.07, 6.45) is 1.69. The fourth-order valence-corrected chi connectivity index (χ4v) is 2.32. The fourth-order valence-electron chi connectivity index (χ4n) is 2.32. The molecule has 138 valence electrons. The molecule has 2 aromatic rings. The van der Waals surface area contributed by atoms with Crippen LogP contribution in [0.3, 0.4) is 0 Å². The summed E-state index contributed by atoms with van der Waals surface area (Å²) >= 11 is 0. The van der Waals surface area contributed by atoms with Gasteiger partial charge in [-0.2, -0.15) is 0 Å². The molecule has 4 N–H and O–H groups in total. The molecule has 0 fully saturated rings. The van der Waals surface area contributed by atoms with Gasteiger partial charge in [-0.25, -0.2) is 4.79 Å². The van der Waals surface area contributed by atoms with E-state index >= 15 is 0 Å². The van der Waals surface area contributed by atoms with Crippen LogP contribution in [0.25, 0.3) is 0 Å². The molecule has 0 aliphatic rings. The molecule has 1 heterocycles. The van der Waals surface area contributed by atoms with E-state index < -0.39 is 23.9 Å². The van der Waals surface area contributed by atoms with Crippen molar-refractivity contribution in [3.63, 3.8) is 0 Å². The summed E-state index contributed by atoms with van der Waals surface area (Å²) in [5, 5.41) is 16.6. The number of rotatable bonds is 9. The topological polar surface area (TPSA) is 121 Å². The summed E-state index contributed by atoms with van der Waals surface area (Å²) in [6.45, 7) is -0.00784. The maximum absolute atomic E-state index is 12.1. The molecule has 3 amide bonds. The number of aliphatic carboxylic acids is 1. The van der Waals surface area contributed by atoms with Crippen molar-refractivity contribution >= 4 is 17.9 Å². The zero-order chi connectivity index (χ0) is 18.8. The Kier molecular flexibility index (Phi) is 7.23. The normalized spacial score (nSPS) is 11.4. The van der Waals surface area contributed by atoms with E-state index in [2.05, 4.69) is 16.0 Å². The number of urea groups is 1. The van der Waals surface area contributed by atoms with E-state index in [1.807, 2.05) is 30.3 Å². The van der Waals surface area contributed by atoms with E-state index in [0.29, 0.717) is 5.76 Å². The van der Waals surface area contributed by atoms with Crippen LogP contribution in [0.2, 0.25) is 0 Å². The molecular formula is C18H21N3O5. The Morgan fingerprint density at radius 2 is 1.81 bits per heavy atom. The molecule has 0 spiro atoms. The standard InChI is InChI=1S/C18H21N3O5/c22-16(12-20-18(25)19-11-14-7-4-10-26-14)21-15(8-9-17(23)24)13-5-2-1-3-6-13/h1-7,10,15H,8-9,11-12H2,(H,21,22)(H,23,24)(H2,19,20,25). The van der Waals surface area contributed by atoms with Crippen LogP contribution in [-0.4, -0.2) is 29.6 Å². The van der Waals surface area contributed by atoms with Crippen molar-refractivity contribution in [2.75, 3.05) is 6.54 Å². The van der Waals surface area contributed by atoms with Crippen molar-refractivity contribution in [2.45, 2.75) is 25.4 Å². The van der Waals surface area contributed by atoms with Gasteiger partial charge in [0.2, 0.25) is 5.91 Å². The number of amides is 3. The molecule has 1 atom stereocenters. The van der Waals surface area contributed by atoms with E-state index in [1.54, 1.807) is 12.1 Å². The van der Waals surface area contributed by atoms with Crippen LogP contribution in [0.1, 0.15) is 30.2 Å². The highest BCUT2D eigenvalue weighted by molar-refractivity contribution is 5.84. The second kappa shape index (κ2) is 9.87. The van der Waals surface area contributed by atoms with E-state index in [-0.39, 0.29) is 25.9 Å². The summed E-state index contributed by atoms with van der Waals surface area (Å²) in [7, 11) is 0. The molecule has 8 heteroatoms. The van der Waals surface area contributed by atoms with E-state index in [0.717, 1.165) is 5.56 Å². The summed E-state index contributed by atoms with van der Waals surface area (Å²) in [5.74, 6) is -0.740. The second-order valence-corrected chi connectivity index (χ2v) is 5.58. The highest BCUT2D eigenvalue weighted by Crippen LogP contribution is 2.18. The van der Waals surface area contributed by atoms with Gasteiger partial charge in [-0.05, 0) is 24.1 Å². The van der Waals surface area contributed by atoms with Crippen molar-refractivity contribution < 1.29 is 23.9 Å². The lowest BCUT2D eigenvalue weighted by Crippen LogP contribution is -2.42. The highest BCUT2D eigenvalue weighted by Gasteiger charge is 2.16. The van der Waals surface area contributed by atoms with Gasteiger partial charge in [0, 0.05) is 6.42 Å². The van der Waals surface area contributed by atoms with E-state index in [4.69, 9.17) is 9.52 Å². The van der Waals surface area contributed by atoms with Gasteiger partial charge in [-0.3, -0.25) is 9.59 Å². The third kappa shape index (κ3) is 6.68. The van der Waals surface area contributed by atoms with Crippen LogP contribution in [0.4, 0.5) is 4.79 Å². The molecule has 0 radical (unpaired) electrons. The van der Waals surface area contributed by atoms with Crippen molar-refractivity contribution in [3.05, 3.63) is 60.1 Å². The number of nitrogens with one attached hydrogen (secondary N) is 3. The number of carboxylic acids is 1. The average molecular weight is 359 g/mol. The minimum atomic E-state index is -0.935. The lowest BCUT2D eigenvalue weighted by Gasteiger charge is -2.19. The minimum Gasteiger partial charge on any atom is -0.481 e. The lowest BCUT2D eigenvalue weighted by molar-refractivity contribution is -0.137. The van der Waals surface area contributed by atoms with Crippen LogP contribution < -0.4 is 16.0 Å². The Morgan fingerprint density at radius 1 is 1.04 bits per heavy atom. The monoisotopic (exact) mass is 359 g/mol. The SMILES string of the molecule is O=C(O)CCC(NC(=O)CNC(=O)NCc1ccco1)c1ccccc1. The maximum Gasteiger partial charge on any atom is 0.315 e. The first-order valence-electron chi connectivity index (χ1n) is 8.15. The number of furan rings is 1. The van der Waals surface area contributed by atoms with Crippen LogP contribution in [0, 0.1) is 0 Å². The molecule has 1 unspecified atom stereocenters. The number of hydrogen-bond acceptors (Lipinski definition) is 4. The largest absolute Gasteiger partial charge is 0.481 e. The number of benzene rings is 1. The summed E-state index contributed by atoms with van der Waals surface area (Å²) < 4.78 is 5.09. The Morgan fingerprint density at radius 3 is 2.46 bits per heavy atom. The van der Waals surface area contributed by atoms with Crippen LogP contribution >= 0.6 is 0 Å². The highest BCUT2D eigenvalue weighted by atomic mass is 16.4. The van der Waals surface area contributed by atoms with Crippen LogP contribution in [-0.2, 0) is 16.1 Å². The molecule has 1 aromatic heterocycles. The van der Waals surface area contributed by atoms with Gasteiger partial charge < -0.3 is 25.5 Å². The molecule has 2 rings (SSSR count). The van der Waals surface area contributed by atoms with Crippen LogP contribution in [0.15, 0.2) is 53.1 Å². The van der Waals surface area contributed by atoms with Gasteiger partial charge in [-0.1, -0.05) is 30.3 Å². The number of hydrogen-bond donors (Lipinski definition) is 4. The molecule has 26 heavy (non-hydrogen) atoms. The number of carbonyl (C=O) groups is 3. The van der Waals surface area contributed by atoms with Gasteiger partial charge in [0.25, 0.3) is 0 Å². The average Bonchev–Trinajstić information content (AvgIpc) is 3.16. The first kappa shape index (κ1) is 19.0.